The molecule has 2 fully saturated rings. The van der Waals surface area contributed by atoms with E-state index in [9.17, 15) is 14.4 Å². The number of aliphatic carboxylic acids is 1. The molecule has 5 rings (SSSR count). The Morgan fingerprint density at radius 1 is 0.909 bits per heavy atom. The number of alkyl carbamates (subject to hydrolysis) is 1. The highest BCUT2D eigenvalue weighted by atomic mass is 16.5. The molecule has 1 saturated heterocycles. The van der Waals surface area contributed by atoms with Gasteiger partial charge in [0.15, 0.2) is 0 Å². The molecule has 2 N–H and O–H groups in total. The van der Waals surface area contributed by atoms with E-state index in [0.29, 0.717) is 38.8 Å². The molecule has 0 atom stereocenters. The maximum Gasteiger partial charge on any atom is 0.407 e. The zero-order valence-corrected chi connectivity index (χ0v) is 18.4. The molecule has 2 amide bonds. The van der Waals surface area contributed by atoms with E-state index in [-0.39, 0.29) is 36.3 Å². The average molecular weight is 449 g/mol. The quantitative estimate of drug-likeness (QED) is 0.728. The van der Waals surface area contributed by atoms with Gasteiger partial charge in [0.1, 0.15) is 6.61 Å². The predicted molar refractivity (Wildman–Crippen MR) is 122 cm³/mol. The molecule has 0 bridgehead atoms. The molecule has 2 aromatic rings. The zero-order chi connectivity index (χ0) is 22.9. The summed E-state index contributed by atoms with van der Waals surface area (Å²) in [5.41, 5.74) is 4.73. The van der Waals surface area contributed by atoms with Crippen molar-refractivity contribution in [3.63, 3.8) is 0 Å². The second-order valence-corrected chi connectivity index (χ2v) is 9.27. The van der Waals surface area contributed by atoms with E-state index in [1.807, 2.05) is 24.3 Å². The number of ether oxygens (including phenoxy) is 1. The Hall–Kier alpha value is -3.35. The molecule has 1 heterocycles. The topological polar surface area (TPSA) is 95.9 Å². The standard InChI is InChI=1S/C26H28N2O5/c29-24(28-11-9-16(10-12-28)25(30)31)17-13-18(14-17)27-26(32)33-15-23-21-7-3-1-5-19(21)20-6-2-4-8-22(20)23/h1-8,16-18,23H,9-15H2,(H,27,32)(H,30,31). The van der Waals surface area contributed by atoms with Gasteiger partial charge in [-0.15, -0.1) is 0 Å². The number of hydrogen-bond donors (Lipinski definition) is 2. The molecule has 33 heavy (non-hydrogen) atoms. The summed E-state index contributed by atoms with van der Waals surface area (Å²) in [5.74, 6) is -1.14. The van der Waals surface area contributed by atoms with Crippen molar-refractivity contribution >= 4 is 18.0 Å². The minimum absolute atomic E-state index is 0.0209. The van der Waals surface area contributed by atoms with Crippen molar-refractivity contribution in [1.29, 1.82) is 0 Å². The molecule has 1 aliphatic heterocycles. The second kappa shape index (κ2) is 8.89. The number of carboxylic acid groups (broad SMARTS) is 1. The number of carbonyl (C=O) groups is 3. The van der Waals surface area contributed by atoms with Gasteiger partial charge in [-0.2, -0.15) is 0 Å². The number of benzene rings is 2. The number of hydrogen-bond acceptors (Lipinski definition) is 4. The number of carbonyl (C=O) groups excluding carboxylic acids is 2. The molecule has 0 radical (unpaired) electrons. The van der Waals surface area contributed by atoms with Gasteiger partial charge in [-0.3, -0.25) is 9.59 Å². The Balaban J connectivity index is 1.09. The number of nitrogens with one attached hydrogen (secondary N) is 1. The lowest BCUT2D eigenvalue weighted by Gasteiger charge is -2.39. The molecule has 7 heteroatoms. The average Bonchev–Trinajstić information content (AvgIpc) is 3.13. The van der Waals surface area contributed by atoms with Crippen molar-refractivity contribution in [1.82, 2.24) is 10.2 Å². The Kier molecular flexibility index (Phi) is 5.79. The van der Waals surface area contributed by atoms with Crippen LogP contribution in [-0.2, 0) is 14.3 Å². The summed E-state index contributed by atoms with van der Waals surface area (Å²) in [4.78, 5) is 37.9. The summed E-state index contributed by atoms with van der Waals surface area (Å²) in [7, 11) is 0. The highest BCUT2D eigenvalue weighted by Gasteiger charge is 2.39. The van der Waals surface area contributed by atoms with Gasteiger partial charge in [-0.1, -0.05) is 48.5 Å². The predicted octanol–water partition coefficient (Wildman–Crippen LogP) is 3.63. The summed E-state index contributed by atoms with van der Waals surface area (Å²) < 4.78 is 5.59. The van der Waals surface area contributed by atoms with Gasteiger partial charge in [0.2, 0.25) is 5.91 Å². The smallest absolute Gasteiger partial charge is 0.407 e. The Bertz CT molecular complexity index is 1020. The van der Waals surface area contributed by atoms with Crippen molar-refractivity contribution in [3.05, 3.63) is 59.7 Å². The number of fused-ring (bicyclic) bond motifs is 3. The van der Waals surface area contributed by atoms with Crippen LogP contribution in [0.1, 0.15) is 42.7 Å². The van der Waals surface area contributed by atoms with E-state index in [4.69, 9.17) is 9.84 Å². The Morgan fingerprint density at radius 3 is 2.06 bits per heavy atom. The lowest BCUT2D eigenvalue weighted by atomic mass is 9.79. The summed E-state index contributed by atoms with van der Waals surface area (Å²) in [6, 6.07) is 16.4. The molecular formula is C26H28N2O5. The monoisotopic (exact) mass is 448 g/mol. The summed E-state index contributed by atoms with van der Waals surface area (Å²) in [6.45, 7) is 1.26. The fourth-order valence-electron chi connectivity index (χ4n) is 5.35. The molecule has 3 aliphatic rings. The van der Waals surface area contributed by atoms with E-state index < -0.39 is 12.1 Å². The highest BCUT2D eigenvalue weighted by molar-refractivity contribution is 5.81. The molecule has 2 aromatic carbocycles. The fourth-order valence-corrected chi connectivity index (χ4v) is 5.35. The van der Waals surface area contributed by atoms with Gasteiger partial charge in [0, 0.05) is 31.0 Å². The van der Waals surface area contributed by atoms with E-state index in [1.165, 1.54) is 22.3 Å². The van der Waals surface area contributed by atoms with Crippen LogP contribution in [0.25, 0.3) is 11.1 Å². The maximum atomic E-state index is 12.7. The maximum absolute atomic E-state index is 12.7. The van der Waals surface area contributed by atoms with Gasteiger partial charge in [-0.05, 0) is 47.9 Å². The minimum atomic E-state index is -0.780. The van der Waals surface area contributed by atoms with E-state index in [1.54, 1.807) is 4.90 Å². The third-order valence-electron chi connectivity index (χ3n) is 7.31. The first kappa shape index (κ1) is 21.5. The van der Waals surface area contributed by atoms with Gasteiger partial charge in [0.05, 0.1) is 5.92 Å². The van der Waals surface area contributed by atoms with Crippen molar-refractivity contribution in [2.45, 2.75) is 37.6 Å². The molecule has 172 valence electrons. The second-order valence-electron chi connectivity index (χ2n) is 9.27. The first-order chi connectivity index (χ1) is 16.0. The molecule has 7 nitrogen and oxygen atoms in total. The number of nitrogens with zero attached hydrogens (tertiary/aromatic N) is 1. The lowest BCUT2D eigenvalue weighted by Crippen LogP contribution is -2.52. The number of rotatable bonds is 5. The SMILES string of the molecule is O=C(NC1CC(C(=O)N2CCC(C(=O)O)CC2)C1)OCC1c2ccccc2-c2ccccc21. The molecule has 2 aliphatic carbocycles. The van der Waals surface area contributed by atoms with Crippen molar-refractivity contribution < 1.29 is 24.2 Å². The summed E-state index contributed by atoms with van der Waals surface area (Å²) in [5, 5.41) is 12.0. The van der Waals surface area contributed by atoms with Crippen molar-refractivity contribution in [2.75, 3.05) is 19.7 Å². The van der Waals surface area contributed by atoms with Gasteiger partial charge in [0.25, 0.3) is 0 Å². The van der Waals surface area contributed by atoms with Crippen molar-refractivity contribution in [3.8, 4) is 11.1 Å². The van der Waals surface area contributed by atoms with Crippen LogP contribution in [0.3, 0.4) is 0 Å². The summed E-state index contributed by atoms with van der Waals surface area (Å²) in [6.07, 6.45) is 1.77. The number of amides is 2. The largest absolute Gasteiger partial charge is 0.481 e. The van der Waals surface area contributed by atoms with E-state index in [2.05, 4.69) is 29.6 Å². The molecular weight excluding hydrogens is 420 g/mol. The zero-order valence-electron chi connectivity index (χ0n) is 18.4. The van der Waals surface area contributed by atoms with Crippen LogP contribution in [0.2, 0.25) is 0 Å². The molecule has 0 unspecified atom stereocenters. The van der Waals surface area contributed by atoms with E-state index >= 15 is 0 Å². The first-order valence-corrected chi connectivity index (χ1v) is 11.6. The molecule has 0 spiro atoms. The van der Waals surface area contributed by atoms with Crippen LogP contribution in [0, 0.1) is 11.8 Å². The van der Waals surface area contributed by atoms with Crippen LogP contribution in [-0.4, -0.2) is 53.7 Å². The number of likely N-dealkylation sites (tertiary alicyclic amines) is 1. The third-order valence-corrected chi connectivity index (χ3v) is 7.31. The van der Waals surface area contributed by atoms with Crippen LogP contribution >= 0.6 is 0 Å². The Labute approximate surface area is 192 Å². The highest BCUT2D eigenvalue weighted by Crippen LogP contribution is 2.44. The van der Waals surface area contributed by atoms with Gasteiger partial charge < -0.3 is 20.1 Å². The Morgan fingerprint density at radius 2 is 1.48 bits per heavy atom. The summed E-state index contributed by atoms with van der Waals surface area (Å²) >= 11 is 0. The molecule has 1 saturated carbocycles. The van der Waals surface area contributed by atoms with Crippen LogP contribution in [0.5, 0.6) is 0 Å². The fraction of sp³-hybridized carbons (Fsp3) is 0.423. The van der Waals surface area contributed by atoms with Crippen molar-refractivity contribution in [2.24, 2.45) is 11.8 Å². The number of carboxylic acids is 1. The van der Waals surface area contributed by atoms with Gasteiger partial charge >= 0.3 is 12.1 Å². The normalized spacial score (nSPS) is 22.1. The van der Waals surface area contributed by atoms with Crippen LogP contribution in [0.15, 0.2) is 48.5 Å². The first-order valence-electron chi connectivity index (χ1n) is 11.6. The minimum Gasteiger partial charge on any atom is -0.481 e. The van der Waals surface area contributed by atoms with Gasteiger partial charge in [-0.25, -0.2) is 4.79 Å². The third kappa shape index (κ3) is 4.19. The lowest BCUT2D eigenvalue weighted by molar-refractivity contribution is -0.147. The van der Waals surface area contributed by atoms with Crippen LogP contribution in [0.4, 0.5) is 4.79 Å². The van der Waals surface area contributed by atoms with Crippen LogP contribution < -0.4 is 5.32 Å². The molecule has 0 aromatic heterocycles. The van der Waals surface area contributed by atoms with E-state index in [0.717, 1.165) is 0 Å². The number of piperidine rings is 1.